The fourth-order valence-corrected chi connectivity index (χ4v) is 1.81. The van der Waals surface area contributed by atoms with Gasteiger partial charge in [0.2, 0.25) is 0 Å². The molecule has 0 aliphatic rings. The monoisotopic (exact) mass is 234 g/mol. The van der Waals surface area contributed by atoms with E-state index in [1.54, 1.807) is 0 Å². The zero-order valence-corrected chi connectivity index (χ0v) is 10.5. The van der Waals surface area contributed by atoms with Gasteiger partial charge in [0.25, 0.3) is 0 Å². The minimum Gasteiger partial charge on any atom is -0.361 e. The summed E-state index contributed by atoms with van der Waals surface area (Å²) in [4.78, 5) is 4.18. The highest BCUT2D eigenvalue weighted by atomic mass is 16.5. The maximum Gasteiger partial charge on any atom is 0.138 e. The second-order valence-corrected chi connectivity index (χ2v) is 4.15. The van der Waals surface area contributed by atoms with Crippen molar-refractivity contribution in [2.75, 3.05) is 6.54 Å². The first-order valence-corrected chi connectivity index (χ1v) is 5.78. The number of rotatable bonds is 5. The Balaban J connectivity index is 1.79. The van der Waals surface area contributed by atoms with Gasteiger partial charge in [0.1, 0.15) is 11.6 Å². The van der Waals surface area contributed by atoms with E-state index in [9.17, 15) is 0 Å². The average molecular weight is 234 g/mol. The predicted octanol–water partition coefficient (Wildman–Crippen LogP) is 1.59. The lowest BCUT2D eigenvalue weighted by Crippen LogP contribution is -2.20. The SMILES string of the molecule is Cc1noc(C)c1CNCCn1ccnc1C. The minimum atomic E-state index is 0.801. The van der Waals surface area contributed by atoms with Crippen LogP contribution in [0.3, 0.4) is 0 Å². The molecule has 0 atom stereocenters. The summed E-state index contributed by atoms with van der Waals surface area (Å²) in [5.41, 5.74) is 2.13. The van der Waals surface area contributed by atoms with Gasteiger partial charge in [-0.2, -0.15) is 0 Å². The van der Waals surface area contributed by atoms with Crippen LogP contribution in [-0.4, -0.2) is 21.3 Å². The third-order valence-electron chi connectivity index (χ3n) is 2.94. The zero-order chi connectivity index (χ0) is 12.3. The molecule has 0 aliphatic carbocycles. The Morgan fingerprint density at radius 2 is 2.18 bits per heavy atom. The number of imidazole rings is 1. The van der Waals surface area contributed by atoms with Gasteiger partial charge in [-0.1, -0.05) is 5.16 Å². The topological polar surface area (TPSA) is 55.9 Å². The molecule has 2 rings (SSSR count). The van der Waals surface area contributed by atoms with Crippen LogP contribution in [0, 0.1) is 20.8 Å². The first-order valence-electron chi connectivity index (χ1n) is 5.78. The van der Waals surface area contributed by atoms with Crippen LogP contribution in [0.5, 0.6) is 0 Å². The molecule has 5 nitrogen and oxygen atoms in total. The average Bonchev–Trinajstić information content (AvgIpc) is 2.84. The second kappa shape index (κ2) is 5.14. The molecule has 0 aliphatic heterocycles. The molecule has 0 unspecified atom stereocenters. The van der Waals surface area contributed by atoms with Crippen LogP contribution in [0.15, 0.2) is 16.9 Å². The van der Waals surface area contributed by atoms with Crippen molar-refractivity contribution in [3.05, 3.63) is 35.2 Å². The number of aromatic nitrogens is 3. The Morgan fingerprint density at radius 3 is 2.76 bits per heavy atom. The van der Waals surface area contributed by atoms with Crippen molar-refractivity contribution in [2.45, 2.75) is 33.9 Å². The van der Waals surface area contributed by atoms with E-state index in [0.717, 1.165) is 42.5 Å². The summed E-state index contributed by atoms with van der Waals surface area (Å²) < 4.78 is 7.24. The van der Waals surface area contributed by atoms with Gasteiger partial charge in [-0.25, -0.2) is 4.98 Å². The van der Waals surface area contributed by atoms with Crippen LogP contribution in [0.4, 0.5) is 0 Å². The number of aryl methyl sites for hydroxylation is 3. The Labute approximate surface area is 101 Å². The van der Waals surface area contributed by atoms with Gasteiger partial charge in [-0.15, -0.1) is 0 Å². The van der Waals surface area contributed by atoms with Crippen LogP contribution in [0.25, 0.3) is 0 Å². The highest BCUT2D eigenvalue weighted by molar-refractivity contribution is 5.20. The fraction of sp³-hybridized carbons (Fsp3) is 0.500. The van der Waals surface area contributed by atoms with E-state index in [1.165, 1.54) is 0 Å². The van der Waals surface area contributed by atoms with Gasteiger partial charge in [0, 0.05) is 37.6 Å². The molecule has 0 spiro atoms. The quantitative estimate of drug-likeness (QED) is 0.798. The van der Waals surface area contributed by atoms with E-state index in [2.05, 4.69) is 20.0 Å². The molecule has 0 amide bonds. The van der Waals surface area contributed by atoms with Crippen LogP contribution >= 0.6 is 0 Å². The van der Waals surface area contributed by atoms with Crippen molar-refractivity contribution in [3.8, 4) is 0 Å². The smallest absolute Gasteiger partial charge is 0.138 e. The Morgan fingerprint density at radius 1 is 1.35 bits per heavy atom. The van der Waals surface area contributed by atoms with Gasteiger partial charge in [-0.3, -0.25) is 0 Å². The van der Waals surface area contributed by atoms with Gasteiger partial charge in [0.15, 0.2) is 0 Å². The highest BCUT2D eigenvalue weighted by Crippen LogP contribution is 2.11. The van der Waals surface area contributed by atoms with E-state index in [4.69, 9.17) is 4.52 Å². The standard InChI is InChI=1S/C12H18N4O/c1-9-12(10(2)17-15-9)8-13-4-6-16-7-5-14-11(16)3/h5,7,13H,4,6,8H2,1-3H3. The van der Waals surface area contributed by atoms with E-state index >= 15 is 0 Å². The molecular formula is C12H18N4O. The van der Waals surface area contributed by atoms with Crippen LogP contribution in [-0.2, 0) is 13.1 Å². The molecule has 0 aromatic carbocycles. The third-order valence-corrected chi connectivity index (χ3v) is 2.94. The summed E-state index contributed by atoms with van der Waals surface area (Å²) in [5, 5.41) is 7.32. The Kier molecular flexibility index (Phi) is 3.58. The molecule has 92 valence electrons. The molecule has 2 heterocycles. The highest BCUT2D eigenvalue weighted by Gasteiger charge is 2.07. The molecule has 0 bridgehead atoms. The van der Waals surface area contributed by atoms with Crippen LogP contribution in [0.2, 0.25) is 0 Å². The van der Waals surface area contributed by atoms with E-state index in [-0.39, 0.29) is 0 Å². The summed E-state index contributed by atoms with van der Waals surface area (Å²) >= 11 is 0. The number of hydrogen-bond donors (Lipinski definition) is 1. The van der Waals surface area contributed by atoms with Crippen molar-refractivity contribution >= 4 is 0 Å². The molecule has 5 heteroatoms. The summed E-state index contributed by atoms with van der Waals surface area (Å²) in [6, 6.07) is 0. The van der Waals surface area contributed by atoms with Crippen molar-refractivity contribution in [1.82, 2.24) is 20.0 Å². The zero-order valence-electron chi connectivity index (χ0n) is 10.5. The van der Waals surface area contributed by atoms with Gasteiger partial charge < -0.3 is 14.4 Å². The number of hydrogen-bond acceptors (Lipinski definition) is 4. The van der Waals surface area contributed by atoms with Gasteiger partial charge in [0.05, 0.1) is 5.69 Å². The van der Waals surface area contributed by atoms with Crippen molar-refractivity contribution in [1.29, 1.82) is 0 Å². The van der Waals surface area contributed by atoms with E-state index in [0.29, 0.717) is 0 Å². The minimum absolute atomic E-state index is 0.801. The molecule has 0 saturated heterocycles. The predicted molar refractivity (Wildman–Crippen MR) is 64.6 cm³/mol. The number of nitrogens with one attached hydrogen (secondary N) is 1. The fourth-order valence-electron chi connectivity index (χ4n) is 1.81. The first kappa shape index (κ1) is 11.9. The van der Waals surface area contributed by atoms with Gasteiger partial charge in [-0.05, 0) is 20.8 Å². The summed E-state index contributed by atoms with van der Waals surface area (Å²) in [6.07, 6.45) is 3.82. The maximum atomic E-state index is 5.11. The van der Waals surface area contributed by atoms with Crippen molar-refractivity contribution < 1.29 is 4.52 Å². The van der Waals surface area contributed by atoms with Crippen LogP contribution in [0.1, 0.15) is 22.8 Å². The molecule has 17 heavy (non-hydrogen) atoms. The Bertz CT molecular complexity index is 467. The summed E-state index contributed by atoms with van der Waals surface area (Å²) in [6.45, 7) is 8.55. The first-order chi connectivity index (χ1) is 8.18. The van der Waals surface area contributed by atoms with E-state index in [1.807, 2.05) is 33.2 Å². The second-order valence-electron chi connectivity index (χ2n) is 4.15. The summed E-state index contributed by atoms with van der Waals surface area (Å²) in [7, 11) is 0. The maximum absolute atomic E-state index is 5.11. The van der Waals surface area contributed by atoms with Gasteiger partial charge >= 0.3 is 0 Å². The van der Waals surface area contributed by atoms with Crippen LogP contribution < -0.4 is 5.32 Å². The largest absolute Gasteiger partial charge is 0.361 e. The number of nitrogens with zero attached hydrogens (tertiary/aromatic N) is 3. The normalized spacial score (nSPS) is 11.0. The third kappa shape index (κ3) is 2.74. The van der Waals surface area contributed by atoms with E-state index < -0.39 is 0 Å². The molecule has 2 aromatic rings. The molecule has 0 radical (unpaired) electrons. The molecular weight excluding hydrogens is 216 g/mol. The lowest BCUT2D eigenvalue weighted by Gasteiger charge is -2.06. The Hall–Kier alpha value is -1.62. The molecule has 1 N–H and O–H groups in total. The molecule has 0 fully saturated rings. The van der Waals surface area contributed by atoms with Crippen molar-refractivity contribution in [2.24, 2.45) is 0 Å². The van der Waals surface area contributed by atoms with Crippen molar-refractivity contribution in [3.63, 3.8) is 0 Å². The lowest BCUT2D eigenvalue weighted by atomic mass is 10.2. The molecule has 0 saturated carbocycles. The molecule has 2 aromatic heterocycles. The lowest BCUT2D eigenvalue weighted by molar-refractivity contribution is 0.391. The summed E-state index contributed by atoms with van der Waals surface area (Å²) in [5.74, 6) is 1.94.